The summed E-state index contributed by atoms with van der Waals surface area (Å²) in [7, 11) is 0. The van der Waals surface area contributed by atoms with Gasteiger partial charge >= 0.3 is 0 Å². The largest absolute Gasteiger partial charge is 0.396 e. The van der Waals surface area contributed by atoms with Crippen molar-refractivity contribution in [2.24, 2.45) is 5.92 Å². The quantitative estimate of drug-likeness (QED) is 0.779. The molecule has 1 amide bonds. The molecular formula is C12H14NO2. The van der Waals surface area contributed by atoms with Crippen LogP contribution in [-0.2, 0) is 0 Å². The number of aliphatic hydroxyl groups is 1. The summed E-state index contributed by atoms with van der Waals surface area (Å²) in [6.07, 6.45) is 0.898. The van der Waals surface area contributed by atoms with Crippen LogP contribution in [0, 0.1) is 12.0 Å². The summed E-state index contributed by atoms with van der Waals surface area (Å²) in [5.74, 6) is 0.268. The number of carbonyl (C=O) groups excluding carboxylic acids is 1. The highest BCUT2D eigenvalue weighted by Gasteiger charge is 2.26. The van der Waals surface area contributed by atoms with Crippen LogP contribution in [0.25, 0.3) is 0 Å². The Morgan fingerprint density at radius 3 is 3.07 bits per heavy atom. The van der Waals surface area contributed by atoms with E-state index in [0.29, 0.717) is 12.1 Å². The van der Waals surface area contributed by atoms with E-state index in [0.717, 1.165) is 13.0 Å². The molecule has 1 aromatic carbocycles. The fraction of sp³-hybridized carbons (Fsp3) is 0.417. The van der Waals surface area contributed by atoms with Crippen LogP contribution in [0.2, 0.25) is 0 Å². The molecule has 0 saturated carbocycles. The van der Waals surface area contributed by atoms with E-state index in [2.05, 4.69) is 6.07 Å². The zero-order valence-electron chi connectivity index (χ0n) is 8.52. The summed E-state index contributed by atoms with van der Waals surface area (Å²) in [5, 5.41) is 8.99. The standard InChI is InChI=1S/C12H14NO2/c14-9-10-6-7-13(8-10)12(15)11-4-2-1-3-5-11/h1-4,10,14H,6-9H2. The highest BCUT2D eigenvalue weighted by Crippen LogP contribution is 2.17. The van der Waals surface area contributed by atoms with E-state index in [1.54, 1.807) is 17.0 Å². The third-order valence-electron chi connectivity index (χ3n) is 2.77. The molecule has 0 spiro atoms. The zero-order valence-corrected chi connectivity index (χ0v) is 8.52. The van der Waals surface area contributed by atoms with Crippen molar-refractivity contribution in [1.82, 2.24) is 4.90 Å². The summed E-state index contributed by atoms with van der Waals surface area (Å²) >= 11 is 0. The number of hydrogen-bond donors (Lipinski definition) is 1. The van der Waals surface area contributed by atoms with Gasteiger partial charge in [0.15, 0.2) is 0 Å². The van der Waals surface area contributed by atoms with Gasteiger partial charge in [0.1, 0.15) is 0 Å². The molecule has 1 aliphatic rings. The molecule has 1 saturated heterocycles. The molecule has 1 fully saturated rings. The average Bonchev–Trinajstić information content (AvgIpc) is 2.78. The number of aliphatic hydroxyl groups excluding tert-OH is 1. The number of nitrogens with zero attached hydrogens (tertiary/aromatic N) is 1. The predicted octanol–water partition coefficient (Wildman–Crippen LogP) is 0.941. The van der Waals surface area contributed by atoms with Crippen molar-refractivity contribution >= 4 is 5.91 Å². The first-order valence-corrected chi connectivity index (χ1v) is 5.18. The molecule has 0 aromatic heterocycles. The smallest absolute Gasteiger partial charge is 0.254 e. The molecule has 1 heterocycles. The lowest BCUT2D eigenvalue weighted by Crippen LogP contribution is -2.29. The minimum absolute atomic E-state index is 0.0200. The number of amides is 1. The van der Waals surface area contributed by atoms with E-state index in [-0.39, 0.29) is 18.4 Å². The maximum Gasteiger partial charge on any atom is 0.254 e. The Balaban J connectivity index is 2.04. The molecule has 2 rings (SSSR count). The topological polar surface area (TPSA) is 40.5 Å². The number of hydrogen-bond acceptors (Lipinski definition) is 2. The van der Waals surface area contributed by atoms with Crippen molar-refractivity contribution in [1.29, 1.82) is 0 Å². The van der Waals surface area contributed by atoms with E-state index in [9.17, 15) is 4.79 Å². The van der Waals surface area contributed by atoms with Gasteiger partial charge in [-0.25, -0.2) is 0 Å². The van der Waals surface area contributed by atoms with E-state index in [1.165, 1.54) is 0 Å². The van der Waals surface area contributed by atoms with Gasteiger partial charge in [-0.1, -0.05) is 18.2 Å². The van der Waals surface area contributed by atoms with Crippen molar-refractivity contribution in [3.8, 4) is 0 Å². The van der Waals surface area contributed by atoms with Gasteiger partial charge in [0, 0.05) is 31.2 Å². The summed E-state index contributed by atoms with van der Waals surface area (Å²) in [5.41, 5.74) is 0.607. The average molecular weight is 204 g/mol. The second-order valence-electron chi connectivity index (χ2n) is 3.86. The van der Waals surface area contributed by atoms with Gasteiger partial charge in [0.25, 0.3) is 5.91 Å². The minimum atomic E-state index is 0.0200. The van der Waals surface area contributed by atoms with Crippen LogP contribution in [0.5, 0.6) is 0 Å². The number of likely N-dealkylation sites (tertiary alicyclic amines) is 1. The van der Waals surface area contributed by atoms with Gasteiger partial charge in [-0.3, -0.25) is 4.79 Å². The van der Waals surface area contributed by atoms with Crippen LogP contribution in [0.4, 0.5) is 0 Å². The monoisotopic (exact) mass is 204 g/mol. The summed E-state index contributed by atoms with van der Waals surface area (Å²) in [6, 6.07) is 10.1. The Bertz CT molecular complexity index is 337. The molecule has 1 aliphatic heterocycles. The molecule has 1 radical (unpaired) electrons. The lowest BCUT2D eigenvalue weighted by atomic mass is 10.1. The number of benzene rings is 1. The first-order valence-electron chi connectivity index (χ1n) is 5.18. The van der Waals surface area contributed by atoms with E-state index in [4.69, 9.17) is 5.11 Å². The number of rotatable bonds is 2. The predicted molar refractivity (Wildman–Crippen MR) is 56.4 cm³/mol. The molecule has 3 nitrogen and oxygen atoms in total. The molecule has 3 heteroatoms. The maximum absolute atomic E-state index is 11.9. The van der Waals surface area contributed by atoms with Crippen LogP contribution in [-0.4, -0.2) is 35.6 Å². The van der Waals surface area contributed by atoms with Gasteiger partial charge in [-0.15, -0.1) is 0 Å². The second kappa shape index (κ2) is 4.45. The SMILES string of the molecule is O=C(c1[c]cccc1)N1CCC(CO)C1. The molecule has 1 aromatic rings. The highest BCUT2D eigenvalue weighted by molar-refractivity contribution is 5.94. The molecule has 0 bridgehead atoms. The Labute approximate surface area is 89.3 Å². The lowest BCUT2D eigenvalue weighted by molar-refractivity contribution is 0.0781. The molecule has 1 unspecified atom stereocenters. The van der Waals surface area contributed by atoms with Crippen molar-refractivity contribution in [3.05, 3.63) is 35.9 Å². The highest BCUT2D eigenvalue weighted by atomic mass is 16.3. The summed E-state index contributed by atoms with van der Waals surface area (Å²) < 4.78 is 0. The normalized spacial score (nSPS) is 20.6. The first kappa shape index (κ1) is 10.2. The van der Waals surface area contributed by atoms with Crippen molar-refractivity contribution < 1.29 is 9.90 Å². The Morgan fingerprint density at radius 2 is 2.47 bits per heavy atom. The van der Waals surface area contributed by atoms with E-state index in [1.807, 2.05) is 12.1 Å². The van der Waals surface area contributed by atoms with Gasteiger partial charge < -0.3 is 10.0 Å². The third kappa shape index (κ3) is 2.18. The Kier molecular flexibility index (Phi) is 3.02. The van der Waals surface area contributed by atoms with E-state index >= 15 is 0 Å². The molecule has 0 aliphatic carbocycles. The van der Waals surface area contributed by atoms with Gasteiger partial charge in [-0.05, 0) is 18.6 Å². The minimum Gasteiger partial charge on any atom is -0.396 e. The first-order chi connectivity index (χ1) is 7.31. The van der Waals surface area contributed by atoms with Crippen molar-refractivity contribution in [2.45, 2.75) is 6.42 Å². The van der Waals surface area contributed by atoms with E-state index < -0.39 is 0 Å². The van der Waals surface area contributed by atoms with Gasteiger partial charge in [0.05, 0.1) is 0 Å². The summed E-state index contributed by atoms with van der Waals surface area (Å²) in [4.78, 5) is 13.7. The Hall–Kier alpha value is -1.35. The van der Waals surface area contributed by atoms with Crippen LogP contribution in [0.1, 0.15) is 16.8 Å². The fourth-order valence-electron chi connectivity index (χ4n) is 1.86. The van der Waals surface area contributed by atoms with Crippen LogP contribution < -0.4 is 0 Å². The van der Waals surface area contributed by atoms with Crippen molar-refractivity contribution in [3.63, 3.8) is 0 Å². The van der Waals surface area contributed by atoms with Crippen LogP contribution >= 0.6 is 0 Å². The van der Waals surface area contributed by atoms with Gasteiger partial charge in [0.2, 0.25) is 0 Å². The molecular weight excluding hydrogens is 190 g/mol. The van der Waals surface area contributed by atoms with Gasteiger partial charge in [-0.2, -0.15) is 0 Å². The molecule has 1 atom stereocenters. The lowest BCUT2D eigenvalue weighted by Gasteiger charge is -2.15. The molecule has 15 heavy (non-hydrogen) atoms. The summed E-state index contributed by atoms with van der Waals surface area (Å²) in [6.45, 7) is 1.58. The second-order valence-corrected chi connectivity index (χ2v) is 3.86. The maximum atomic E-state index is 11.9. The van der Waals surface area contributed by atoms with Crippen molar-refractivity contribution in [2.75, 3.05) is 19.7 Å². The van der Waals surface area contributed by atoms with Crippen LogP contribution in [0.15, 0.2) is 24.3 Å². The van der Waals surface area contributed by atoms with Crippen LogP contribution in [0.3, 0.4) is 0 Å². The Morgan fingerprint density at radius 1 is 1.60 bits per heavy atom. The zero-order chi connectivity index (χ0) is 10.7. The third-order valence-corrected chi connectivity index (χ3v) is 2.77. The molecule has 79 valence electrons. The number of carbonyl (C=O) groups is 1. The fourth-order valence-corrected chi connectivity index (χ4v) is 1.86. The molecule has 1 N–H and O–H groups in total.